The molecule has 0 aliphatic carbocycles. The summed E-state index contributed by atoms with van der Waals surface area (Å²) in [5.41, 5.74) is 1.96. The van der Waals surface area contributed by atoms with E-state index in [1.165, 1.54) is 0 Å². The van der Waals surface area contributed by atoms with E-state index in [2.05, 4.69) is 0 Å². The fraction of sp³-hybridized carbons (Fsp3) is 0.429. The Balaban J connectivity index is 2.01. The van der Waals surface area contributed by atoms with Gasteiger partial charge in [-0.15, -0.1) is 0 Å². The van der Waals surface area contributed by atoms with E-state index in [1.54, 1.807) is 4.90 Å². The molecule has 0 atom stereocenters. The van der Waals surface area contributed by atoms with Crippen LogP contribution in [0.15, 0.2) is 24.3 Å². The zero-order valence-corrected chi connectivity index (χ0v) is 10.1. The number of hydrogen-bond acceptors (Lipinski definition) is 2. The maximum absolute atomic E-state index is 12.2. The molecule has 0 aromatic heterocycles. The SMILES string of the molecule is Cc1ccc(C(=O)C2CCN(C=O)CC2)cc1. The lowest BCUT2D eigenvalue weighted by Gasteiger charge is -2.28. The van der Waals surface area contributed by atoms with Gasteiger partial charge in [0.25, 0.3) is 0 Å². The number of rotatable bonds is 3. The first-order valence-electron chi connectivity index (χ1n) is 6.01. The Morgan fingerprint density at radius 1 is 1.24 bits per heavy atom. The number of amides is 1. The van der Waals surface area contributed by atoms with Gasteiger partial charge in [-0.25, -0.2) is 0 Å². The number of carbonyl (C=O) groups is 2. The average molecular weight is 231 g/mol. The molecular weight excluding hydrogens is 214 g/mol. The van der Waals surface area contributed by atoms with Crippen molar-refractivity contribution in [1.29, 1.82) is 0 Å². The summed E-state index contributed by atoms with van der Waals surface area (Å²) < 4.78 is 0. The van der Waals surface area contributed by atoms with Gasteiger partial charge < -0.3 is 4.90 Å². The third-order valence-corrected chi connectivity index (χ3v) is 3.39. The molecule has 1 aliphatic rings. The minimum atomic E-state index is 0.0777. The van der Waals surface area contributed by atoms with Crippen LogP contribution in [0.1, 0.15) is 28.8 Å². The molecule has 1 amide bonds. The summed E-state index contributed by atoms with van der Waals surface area (Å²) in [6, 6.07) is 7.72. The third kappa shape index (κ3) is 2.73. The van der Waals surface area contributed by atoms with E-state index >= 15 is 0 Å². The second-order valence-corrected chi connectivity index (χ2v) is 4.65. The van der Waals surface area contributed by atoms with Crippen molar-refractivity contribution in [2.75, 3.05) is 13.1 Å². The van der Waals surface area contributed by atoms with Gasteiger partial charge in [-0.05, 0) is 19.8 Å². The van der Waals surface area contributed by atoms with Crippen LogP contribution in [0.25, 0.3) is 0 Å². The van der Waals surface area contributed by atoms with Crippen LogP contribution in [0.2, 0.25) is 0 Å². The third-order valence-electron chi connectivity index (χ3n) is 3.39. The van der Waals surface area contributed by atoms with Crippen molar-refractivity contribution in [2.45, 2.75) is 19.8 Å². The van der Waals surface area contributed by atoms with Crippen molar-refractivity contribution in [1.82, 2.24) is 4.90 Å². The second-order valence-electron chi connectivity index (χ2n) is 4.65. The summed E-state index contributed by atoms with van der Waals surface area (Å²) in [7, 11) is 0. The van der Waals surface area contributed by atoms with Crippen LogP contribution in [0.4, 0.5) is 0 Å². The smallest absolute Gasteiger partial charge is 0.209 e. The van der Waals surface area contributed by atoms with Gasteiger partial charge in [0.15, 0.2) is 5.78 Å². The average Bonchev–Trinajstić information content (AvgIpc) is 2.39. The van der Waals surface area contributed by atoms with Gasteiger partial charge in [0.05, 0.1) is 0 Å². The molecule has 1 fully saturated rings. The number of ketones is 1. The zero-order valence-electron chi connectivity index (χ0n) is 10.1. The number of piperidine rings is 1. The lowest BCUT2D eigenvalue weighted by atomic mass is 9.89. The van der Waals surface area contributed by atoms with Crippen LogP contribution >= 0.6 is 0 Å². The molecule has 2 rings (SSSR count). The van der Waals surface area contributed by atoms with Gasteiger partial charge >= 0.3 is 0 Å². The van der Waals surface area contributed by atoms with E-state index in [1.807, 2.05) is 31.2 Å². The van der Waals surface area contributed by atoms with Crippen LogP contribution in [0.5, 0.6) is 0 Å². The number of nitrogens with zero attached hydrogens (tertiary/aromatic N) is 1. The Morgan fingerprint density at radius 3 is 2.35 bits per heavy atom. The van der Waals surface area contributed by atoms with Crippen LogP contribution in [-0.4, -0.2) is 30.2 Å². The molecule has 0 radical (unpaired) electrons. The van der Waals surface area contributed by atoms with Gasteiger partial charge in [0, 0.05) is 24.6 Å². The van der Waals surface area contributed by atoms with Gasteiger partial charge in [-0.3, -0.25) is 9.59 Å². The van der Waals surface area contributed by atoms with Gasteiger partial charge in [0.1, 0.15) is 0 Å². The molecule has 90 valence electrons. The van der Waals surface area contributed by atoms with E-state index in [-0.39, 0.29) is 11.7 Å². The number of carbonyl (C=O) groups excluding carboxylic acids is 2. The normalized spacial score (nSPS) is 16.9. The summed E-state index contributed by atoms with van der Waals surface area (Å²) in [5, 5.41) is 0. The van der Waals surface area contributed by atoms with Crippen LogP contribution in [-0.2, 0) is 4.79 Å². The monoisotopic (exact) mass is 231 g/mol. The molecule has 1 heterocycles. The minimum absolute atomic E-state index is 0.0777. The van der Waals surface area contributed by atoms with E-state index < -0.39 is 0 Å². The maximum Gasteiger partial charge on any atom is 0.209 e. The molecule has 0 unspecified atom stereocenters. The Morgan fingerprint density at radius 2 is 1.82 bits per heavy atom. The molecule has 1 aromatic rings. The Bertz CT molecular complexity index is 403. The topological polar surface area (TPSA) is 37.4 Å². The molecule has 3 nitrogen and oxygen atoms in total. The summed E-state index contributed by atoms with van der Waals surface area (Å²) in [6.45, 7) is 3.41. The molecule has 0 bridgehead atoms. The van der Waals surface area contributed by atoms with Crippen molar-refractivity contribution in [2.24, 2.45) is 5.92 Å². The van der Waals surface area contributed by atoms with Crippen molar-refractivity contribution in [3.05, 3.63) is 35.4 Å². The predicted octanol–water partition coefficient (Wildman–Crippen LogP) is 2.05. The van der Waals surface area contributed by atoms with Crippen molar-refractivity contribution >= 4 is 12.2 Å². The number of likely N-dealkylation sites (tertiary alicyclic amines) is 1. The first-order valence-corrected chi connectivity index (χ1v) is 6.01. The zero-order chi connectivity index (χ0) is 12.3. The first-order chi connectivity index (χ1) is 8.20. The predicted molar refractivity (Wildman–Crippen MR) is 65.9 cm³/mol. The molecule has 0 saturated carbocycles. The second kappa shape index (κ2) is 5.13. The summed E-state index contributed by atoms with van der Waals surface area (Å²) in [5.74, 6) is 0.296. The lowest BCUT2D eigenvalue weighted by molar-refractivity contribution is -0.119. The molecule has 1 saturated heterocycles. The van der Waals surface area contributed by atoms with Gasteiger partial charge in [0.2, 0.25) is 6.41 Å². The van der Waals surface area contributed by atoms with E-state index in [9.17, 15) is 9.59 Å². The van der Waals surface area contributed by atoms with Gasteiger partial charge in [-0.2, -0.15) is 0 Å². The number of hydrogen-bond donors (Lipinski definition) is 0. The summed E-state index contributed by atoms with van der Waals surface area (Å²) in [6.07, 6.45) is 2.43. The highest BCUT2D eigenvalue weighted by molar-refractivity contribution is 5.97. The Kier molecular flexibility index (Phi) is 3.57. The van der Waals surface area contributed by atoms with E-state index in [0.29, 0.717) is 13.1 Å². The van der Waals surface area contributed by atoms with Crippen molar-refractivity contribution in [3.8, 4) is 0 Å². The molecule has 3 heteroatoms. The highest BCUT2D eigenvalue weighted by atomic mass is 16.1. The fourth-order valence-electron chi connectivity index (χ4n) is 2.22. The molecule has 1 aromatic carbocycles. The first kappa shape index (κ1) is 11.8. The number of aryl methyl sites for hydroxylation is 1. The highest BCUT2D eigenvalue weighted by Gasteiger charge is 2.24. The Hall–Kier alpha value is -1.64. The van der Waals surface area contributed by atoms with Crippen LogP contribution in [0.3, 0.4) is 0 Å². The number of benzene rings is 1. The highest BCUT2D eigenvalue weighted by Crippen LogP contribution is 2.21. The fourth-order valence-corrected chi connectivity index (χ4v) is 2.22. The molecule has 1 aliphatic heterocycles. The molecular formula is C14H17NO2. The maximum atomic E-state index is 12.2. The molecule has 0 N–H and O–H groups in total. The largest absolute Gasteiger partial charge is 0.345 e. The van der Waals surface area contributed by atoms with Crippen molar-refractivity contribution < 1.29 is 9.59 Å². The standard InChI is InChI=1S/C14H17NO2/c1-11-2-4-12(5-3-11)14(17)13-6-8-15(10-16)9-7-13/h2-5,10,13H,6-9H2,1H3. The molecule has 17 heavy (non-hydrogen) atoms. The summed E-state index contributed by atoms with van der Waals surface area (Å²) >= 11 is 0. The van der Waals surface area contributed by atoms with Crippen molar-refractivity contribution in [3.63, 3.8) is 0 Å². The summed E-state index contributed by atoms with van der Waals surface area (Å²) in [4.78, 5) is 24.5. The quantitative estimate of drug-likeness (QED) is 0.589. The van der Waals surface area contributed by atoms with E-state index in [4.69, 9.17) is 0 Å². The Labute approximate surface area is 101 Å². The van der Waals surface area contributed by atoms with Crippen LogP contribution < -0.4 is 0 Å². The lowest BCUT2D eigenvalue weighted by Crippen LogP contribution is -2.35. The van der Waals surface area contributed by atoms with E-state index in [0.717, 1.165) is 30.4 Å². The van der Waals surface area contributed by atoms with Crippen LogP contribution in [0, 0.1) is 12.8 Å². The molecule has 0 spiro atoms. The van der Waals surface area contributed by atoms with Gasteiger partial charge in [-0.1, -0.05) is 29.8 Å². The minimum Gasteiger partial charge on any atom is -0.345 e. The number of Topliss-reactive ketones (excluding diaryl/α,β-unsaturated/α-hetero) is 1.